The van der Waals surface area contributed by atoms with Crippen LogP contribution in [-0.4, -0.2) is 50.0 Å². The molecule has 4 rings (SSSR count). The van der Waals surface area contributed by atoms with Gasteiger partial charge in [0.15, 0.2) is 5.43 Å². The average molecular weight is 569 g/mol. The number of aromatic nitrogens is 1. The molecule has 3 aromatic rings. The quantitative estimate of drug-likeness (QED) is 0.395. The second kappa shape index (κ2) is 20.4. The lowest BCUT2D eigenvalue weighted by molar-refractivity contribution is -0.0979. The molecule has 0 saturated carbocycles. The van der Waals surface area contributed by atoms with Crippen LogP contribution in [0.3, 0.4) is 0 Å². The third-order valence-corrected chi connectivity index (χ3v) is 6.16. The summed E-state index contributed by atoms with van der Waals surface area (Å²) >= 11 is 5.05. The van der Waals surface area contributed by atoms with E-state index in [0.717, 1.165) is 59.6 Å². The lowest BCUT2D eigenvalue weighted by atomic mass is 10.2. The molecule has 0 aliphatic carbocycles. The van der Waals surface area contributed by atoms with Gasteiger partial charge in [-0.05, 0) is 37.7 Å². The van der Waals surface area contributed by atoms with E-state index in [9.17, 15) is 4.79 Å². The van der Waals surface area contributed by atoms with Gasteiger partial charge in [0, 0.05) is 47.3 Å². The first-order valence-electron chi connectivity index (χ1n) is 12.1. The SMILES string of the molecule is C=O.CC.CCC.CNCc1ccc(Br)cc1.Cc1c[nH]c2sc(CN3CCOCC3)cc2c1=O. The molecule has 0 atom stereocenters. The summed E-state index contributed by atoms with van der Waals surface area (Å²) in [6.07, 6.45) is 3.04. The number of carbonyl (C=O) groups excluding carboxylic acids is 1. The predicted molar refractivity (Wildman–Crippen MR) is 155 cm³/mol. The van der Waals surface area contributed by atoms with Crippen molar-refractivity contribution in [3.05, 3.63) is 67.2 Å². The summed E-state index contributed by atoms with van der Waals surface area (Å²) in [5.74, 6) is 0. The van der Waals surface area contributed by atoms with Gasteiger partial charge in [-0.1, -0.05) is 62.2 Å². The molecule has 0 amide bonds. The molecule has 0 unspecified atom stereocenters. The van der Waals surface area contributed by atoms with Gasteiger partial charge in [-0.2, -0.15) is 0 Å². The summed E-state index contributed by atoms with van der Waals surface area (Å²) in [4.78, 5) is 27.8. The Morgan fingerprint density at radius 1 is 1.14 bits per heavy atom. The summed E-state index contributed by atoms with van der Waals surface area (Å²) in [5.41, 5.74) is 2.23. The van der Waals surface area contributed by atoms with E-state index in [1.54, 1.807) is 17.5 Å². The van der Waals surface area contributed by atoms with Crippen molar-refractivity contribution < 1.29 is 9.53 Å². The number of carbonyl (C=O) groups is 1. The van der Waals surface area contributed by atoms with Crippen LogP contribution in [0, 0.1) is 6.92 Å². The zero-order chi connectivity index (χ0) is 26.6. The minimum Gasteiger partial charge on any atom is -0.379 e. The number of thiophene rings is 1. The zero-order valence-electron chi connectivity index (χ0n) is 22.1. The first-order chi connectivity index (χ1) is 17.0. The number of benzene rings is 1. The van der Waals surface area contributed by atoms with E-state index in [1.165, 1.54) is 16.9 Å². The molecule has 1 aliphatic heterocycles. The summed E-state index contributed by atoms with van der Waals surface area (Å²) in [6, 6.07) is 10.3. The van der Waals surface area contributed by atoms with E-state index in [2.05, 4.69) is 57.1 Å². The summed E-state index contributed by atoms with van der Waals surface area (Å²) in [6.45, 7) is 17.5. The Morgan fingerprint density at radius 2 is 1.71 bits per heavy atom. The number of nitrogens with zero attached hydrogens (tertiary/aromatic N) is 1. The fraction of sp³-hybridized carbons (Fsp3) is 0.481. The lowest BCUT2D eigenvalue weighted by Gasteiger charge is -2.25. The van der Waals surface area contributed by atoms with E-state index >= 15 is 0 Å². The lowest BCUT2D eigenvalue weighted by Crippen LogP contribution is -2.35. The summed E-state index contributed by atoms with van der Waals surface area (Å²) < 4.78 is 6.47. The minimum atomic E-state index is 0.147. The number of nitrogens with one attached hydrogen (secondary N) is 2. The maximum absolute atomic E-state index is 12.0. The van der Waals surface area contributed by atoms with Crippen LogP contribution in [0.5, 0.6) is 0 Å². The number of halogens is 1. The van der Waals surface area contributed by atoms with Crippen molar-refractivity contribution >= 4 is 44.3 Å². The van der Waals surface area contributed by atoms with Gasteiger partial charge in [0.2, 0.25) is 0 Å². The highest BCUT2D eigenvalue weighted by Crippen LogP contribution is 2.23. The molecular formula is C27H42BrN3O3S. The molecule has 35 heavy (non-hydrogen) atoms. The highest BCUT2D eigenvalue weighted by molar-refractivity contribution is 9.10. The fourth-order valence-corrected chi connectivity index (χ4v) is 4.36. The Hall–Kier alpha value is -1.84. The maximum atomic E-state index is 12.0. The Labute approximate surface area is 223 Å². The normalized spacial score (nSPS) is 12.5. The van der Waals surface area contributed by atoms with Gasteiger partial charge < -0.3 is 19.8 Å². The largest absolute Gasteiger partial charge is 0.379 e. The first kappa shape index (κ1) is 33.2. The molecule has 1 aliphatic rings. The molecule has 1 saturated heterocycles. The number of hydrogen-bond donors (Lipinski definition) is 2. The number of fused-ring (bicyclic) bond motifs is 1. The van der Waals surface area contributed by atoms with Gasteiger partial charge in [-0.15, -0.1) is 11.3 Å². The van der Waals surface area contributed by atoms with E-state index in [-0.39, 0.29) is 5.43 Å². The third kappa shape index (κ3) is 12.6. The van der Waals surface area contributed by atoms with Crippen molar-refractivity contribution in [2.75, 3.05) is 33.4 Å². The van der Waals surface area contributed by atoms with Crippen LogP contribution in [0.25, 0.3) is 10.2 Å². The third-order valence-electron chi connectivity index (χ3n) is 4.58. The maximum Gasteiger partial charge on any atom is 0.193 e. The van der Waals surface area contributed by atoms with Crippen LogP contribution in [0.15, 0.2) is 45.8 Å². The Morgan fingerprint density at radius 3 is 2.26 bits per heavy atom. The smallest absolute Gasteiger partial charge is 0.193 e. The van der Waals surface area contributed by atoms with Crippen molar-refractivity contribution in [3.63, 3.8) is 0 Å². The van der Waals surface area contributed by atoms with Gasteiger partial charge in [-0.25, -0.2) is 0 Å². The van der Waals surface area contributed by atoms with Crippen LogP contribution in [0.4, 0.5) is 0 Å². The van der Waals surface area contributed by atoms with Crippen molar-refractivity contribution in [2.45, 2.75) is 54.1 Å². The van der Waals surface area contributed by atoms with Gasteiger partial charge >= 0.3 is 0 Å². The van der Waals surface area contributed by atoms with Crippen LogP contribution in [0.2, 0.25) is 0 Å². The minimum absolute atomic E-state index is 0.147. The van der Waals surface area contributed by atoms with Crippen molar-refractivity contribution in [2.24, 2.45) is 0 Å². The second-order valence-electron chi connectivity index (χ2n) is 7.51. The Balaban J connectivity index is 0.000000578. The van der Waals surface area contributed by atoms with Gasteiger partial charge in [-0.3, -0.25) is 9.69 Å². The molecule has 0 spiro atoms. The molecule has 8 heteroatoms. The second-order valence-corrected chi connectivity index (χ2v) is 9.56. The number of aryl methyl sites for hydroxylation is 1. The number of hydrogen-bond acceptors (Lipinski definition) is 6. The molecule has 6 nitrogen and oxygen atoms in total. The average Bonchev–Trinajstić information content (AvgIpc) is 3.30. The van der Waals surface area contributed by atoms with Crippen LogP contribution < -0.4 is 10.7 Å². The van der Waals surface area contributed by atoms with Crippen molar-refractivity contribution in [1.82, 2.24) is 15.2 Å². The molecular weight excluding hydrogens is 526 g/mol. The first-order valence-corrected chi connectivity index (χ1v) is 13.7. The van der Waals surface area contributed by atoms with Crippen molar-refractivity contribution in [1.29, 1.82) is 0 Å². The summed E-state index contributed by atoms with van der Waals surface area (Å²) in [5, 5.41) is 3.91. The standard InChI is InChI=1S/C13H16N2O2S.C8H10BrN.C3H8.C2H6.CH2O/c1-9-7-14-13-11(12(9)16)6-10(18-13)8-15-2-4-17-5-3-15;1-10-6-7-2-4-8(9)5-3-7;1-3-2;2*1-2/h6-7H,2-5,8H2,1H3,(H,14,16);2-5,10H,6H2,1H3;3H2,1-2H3;1-2H3;1H2. The number of morpholine rings is 1. The molecule has 0 bridgehead atoms. The Kier molecular flexibility index (Phi) is 19.3. The summed E-state index contributed by atoms with van der Waals surface area (Å²) in [7, 11) is 1.95. The number of rotatable bonds is 4. The van der Waals surface area contributed by atoms with E-state index in [1.807, 2.05) is 52.8 Å². The predicted octanol–water partition coefficient (Wildman–Crippen LogP) is 6.16. The Bertz CT molecular complexity index is 983. The van der Waals surface area contributed by atoms with E-state index < -0.39 is 0 Å². The number of aromatic amines is 1. The number of H-pyrrole nitrogens is 1. The molecule has 1 aromatic carbocycles. The molecule has 1 fully saturated rings. The molecule has 196 valence electrons. The number of ether oxygens (including phenoxy) is 1. The van der Waals surface area contributed by atoms with Crippen LogP contribution >= 0.6 is 27.3 Å². The van der Waals surface area contributed by atoms with Crippen LogP contribution in [0.1, 0.15) is 50.1 Å². The van der Waals surface area contributed by atoms with E-state index in [4.69, 9.17) is 9.53 Å². The van der Waals surface area contributed by atoms with E-state index in [0.29, 0.717) is 0 Å². The monoisotopic (exact) mass is 567 g/mol. The topological polar surface area (TPSA) is 74.4 Å². The van der Waals surface area contributed by atoms with Crippen LogP contribution in [-0.2, 0) is 22.6 Å². The van der Waals surface area contributed by atoms with Gasteiger partial charge in [0.1, 0.15) is 11.6 Å². The van der Waals surface area contributed by atoms with Gasteiger partial charge in [0.25, 0.3) is 0 Å². The van der Waals surface area contributed by atoms with Gasteiger partial charge in [0.05, 0.1) is 18.6 Å². The zero-order valence-corrected chi connectivity index (χ0v) is 24.5. The fourth-order valence-electron chi connectivity index (χ4n) is 3.03. The molecule has 2 aromatic heterocycles. The highest BCUT2D eigenvalue weighted by Gasteiger charge is 2.13. The highest BCUT2D eigenvalue weighted by atomic mass is 79.9. The number of pyridine rings is 1. The molecule has 2 N–H and O–H groups in total. The van der Waals surface area contributed by atoms with Crippen molar-refractivity contribution in [3.8, 4) is 0 Å². The molecule has 3 heterocycles. The molecule has 0 radical (unpaired) electrons.